The summed E-state index contributed by atoms with van der Waals surface area (Å²) in [6.45, 7) is 0. The van der Waals surface area contributed by atoms with Crippen LogP contribution in [0.1, 0.15) is 16.5 Å². The second kappa shape index (κ2) is 4.88. The van der Waals surface area contributed by atoms with Crippen molar-refractivity contribution in [1.29, 1.82) is 0 Å². The topological polar surface area (TPSA) is 39.2 Å². The molecule has 1 aromatic carbocycles. The third kappa shape index (κ3) is 2.23. The fourth-order valence-corrected chi connectivity index (χ4v) is 3.58. The van der Waals surface area contributed by atoms with E-state index in [9.17, 15) is 0 Å². The molecule has 2 nitrogen and oxygen atoms in total. The Balaban J connectivity index is 1.90. The molecule has 2 aromatic heterocycles. The Bertz CT molecular complexity index is 673. The summed E-state index contributed by atoms with van der Waals surface area (Å²) in [6, 6.07) is 10.1. The van der Waals surface area contributed by atoms with E-state index in [1.807, 2.05) is 18.2 Å². The summed E-state index contributed by atoms with van der Waals surface area (Å²) in [5.41, 5.74) is 8.26. The zero-order chi connectivity index (χ0) is 12.5. The Labute approximate surface area is 118 Å². The van der Waals surface area contributed by atoms with Gasteiger partial charge in [0.15, 0.2) is 0 Å². The molecule has 4 heteroatoms. The monoisotopic (exact) mass is 321 g/mol. The summed E-state index contributed by atoms with van der Waals surface area (Å²) >= 11 is 5.18. The number of benzene rings is 1. The average molecular weight is 322 g/mol. The van der Waals surface area contributed by atoms with E-state index in [-0.39, 0.29) is 6.04 Å². The molecule has 2 N–H and O–H groups in total. The van der Waals surface area contributed by atoms with Crippen LogP contribution in [0.2, 0.25) is 0 Å². The minimum Gasteiger partial charge on any atom is -0.464 e. The van der Waals surface area contributed by atoms with Crippen molar-refractivity contribution in [3.05, 3.63) is 56.9 Å². The van der Waals surface area contributed by atoms with Crippen LogP contribution in [0.4, 0.5) is 0 Å². The van der Waals surface area contributed by atoms with Gasteiger partial charge in [-0.05, 0) is 28.1 Å². The molecule has 0 radical (unpaired) electrons. The first-order chi connectivity index (χ1) is 8.74. The molecule has 0 bridgehead atoms. The highest BCUT2D eigenvalue weighted by atomic mass is 79.9. The van der Waals surface area contributed by atoms with Crippen LogP contribution in [-0.4, -0.2) is 0 Å². The quantitative estimate of drug-likeness (QED) is 0.771. The zero-order valence-electron chi connectivity index (χ0n) is 9.60. The standard InChI is InChI=1S/C14H12BrNOS/c15-9-5-10(18-8-9)6-13(16)12-7-17-14-4-2-1-3-11(12)14/h1-5,7-8,13H,6,16H2. The average Bonchev–Trinajstić information content (AvgIpc) is 2.95. The Hall–Kier alpha value is -1.10. The van der Waals surface area contributed by atoms with Gasteiger partial charge in [0.05, 0.1) is 6.26 Å². The Morgan fingerprint density at radius 1 is 1.33 bits per heavy atom. The molecule has 0 saturated carbocycles. The summed E-state index contributed by atoms with van der Waals surface area (Å²) in [5, 5.41) is 3.19. The number of rotatable bonds is 3. The largest absolute Gasteiger partial charge is 0.464 e. The van der Waals surface area contributed by atoms with Gasteiger partial charge in [-0.25, -0.2) is 0 Å². The molecule has 0 saturated heterocycles. The van der Waals surface area contributed by atoms with Crippen molar-refractivity contribution in [2.75, 3.05) is 0 Å². The summed E-state index contributed by atoms with van der Waals surface area (Å²) in [6.07, 6.45) is 2.61. The Kier molecular flexibility index (Phi) is 3.24. The molecule has 2 heterocycles. The molecule has 3 aromatic rings. The van der Waals surface area contributed by atoms with Crippen LogP contribution in [-0.2, 0) is 6.42 Å². The van der Waals surface area contributed by atoms with Gasteiger partial charge in [-0.1, -0.05) is 18.2 Å². The van der Waals surface area contributed by atoms with Crippen LogP contribution in [0, 0.1) is 0 Å². The lowest BCUT2D eigenvalue weighted by Gasteiger charge is -2.08. The van der Waals surface area contributed by atoms with Crippen molar-refractivity contribution in [3.63, 3.8) is 0 Å². The number of halogens is 1. The molecular weight excluding hydrogens is 310 g/mol. The number of hydrogen-bond acceptors (Lipinski definition) is 3. The van der Waals surface area contributed by atoms with Gasteiger partial charge in [0.2, 0.25) is 0 Å². The fraction of sp³-hybridized carbons (Fsp3) is 0.143. The van der Waals surface area contributed by atoms with Gasteiger partial charge in [-0.15, -0.1) is 11.3 Å². The highest BCUT2D eigenvalue weighted by Crippen LogP contribution is 2.29. The zero-order valence-corrected chi connectivity index (χ0v) is 12.0. The van der Waals surface area contributed by atoms with E-state index in [2.05, 4.69) is 33.4 Å². The van der Waals surface area contributed by atoms with Crippen LogP contribution in [0.5, 0.6) is 0 Å². The molecule has 0 spiro atoms. The maximum absolute atomic E-state index is 6.28. The lowest BCUT2D eigenvalue weighted by molar-refractivity contribution is 0.600. The minimum absolute atomic E-state index is 0.0285. The van der Waals surface area contributed by atoms with Gasteiger partial charge < -0.3 is 10.2 Å². The van der Waals surface area contributed by atoms with Gasteiger partial charge in [0.1, 0.15) is 5.58 Å². The SMILES string of the molecule is NC(Cc1cc(Br)cs1)c1coc2ccccc12. The number of nitrogens with two attached hydrogens (primary N) is 1. The van der Waals surface area contributed by atoms with Crippen LogP contribution in [0.15, 0.2) is 50.9 Å². The first-order valence-electron chi connectivity index (χ1n) is 5.68. The van der Waals surface area contributed by atoms with Gasteiger partial charge >= 0.3 is 0 Å². The highest BCUT2D eigenvalue weighted by molar-refractivity contribution is 9.10. The van der Waals surface area contributed by atoms with E-state index in [1.54, 1.807) is 17.6 Å². The number of furan rings is 1. The minimum atomic E-state index is -0.0285. The van der Waals surface area contributed by atoms with Crippen LogP contribution < -0.4 is 5.73 Å². The first-order valence-corrected chi connectivity index (χ1v) is 7.36. The summed E-state index contributed by atoms with van der Waals surface area (Å²) in [4.78, 5) is 1.28. The Morgan fingerprint density at radius 3 is 2.94 bits per heavy atom. The Morgan fingerprint density at radius 2 is 2.17 bits per heavy atom. The second-order valence-electron chi connectivity index (χ2n) is 4.23. The molecule has 0 fully saturated rings. The lowest BCUT2D eigenvalue weighted by Crippen LogP contribution is -2.12. The van der Waals surface area contributed by atoms with E-state index in [4.69, 9.17) is 10.2 Å². The van der Waals surface area contributed by atoms with Gasteiger partial charge in [0.25, 0.3) is 0 Å². The highest BCUT2D eigenvalue weighted by Gasteiger charge is 2.14. The van der Waals surface area contributed by atoms with Crippen molar-refractivity contribution in [2.45, 2.75) is 12.5 Å². The molecule has 0 aliphatic heterocycles. The smallest absolute Gasteiger partial charge is 0.134 e. The van der Waals surface area contributed by atoms with Crippen LogP contribution >= 0.6 is 27.3 Å². The van der Waals surface area contributed by atoms with Crippen molar-refractivity contribution in [3.8, 4) is 0 Å². The number of fused-ring (bicyclic) bond motifs is 1. The van der Waals surface area contributed by atoms with Crippen molar-refractivity contribution in [2.24, 2.45) is 5.73 Å². The first kappa shape index (κ1) is 12.0. The normalized spacial score (nSPS) is 13.0. The maximum Gasteiger partial charge on any atom is 0.134 e. The van der Waals surface area contributed by atoms with Crippen molar-refractivity contribution >= 4 is 38.2 Å². The van der Waals surface area contributed by atoms with Gasteiger partial charge in [-0.2, -0.15) is 0 Å². The maximum atomic E-state index is 6.28. The predicted molar refractivity (Wildman–Crippen MR) is 78.9 cm³/mol. The number of para-hydroxylation sites is 1. The summed E-state index contributed by atoms with van der Waals surface area (Å²) < 4.78 is 6.64. The number of hydrogen-bond donors (Lipinski definition) is 1. The van der Waals surface area contributed by atoms with E-state index < -0.39 is 0 Å². The van der Waals surface area contributed by atoms with Crippen LogP contribution in [0.25, 0.3) is 11.0 Å². The summed E-state index contributed by atoms with van der Waals surface area (Å²) in [7, 11) is 0. The van der Waals surface area contributed by atoms with Gasteiger partial charge in [-0.3, -0.25) is 0 Å². The predicted octanol–water partition coefficient (Wildman–Crippen LogP) is 4.50. The molecule has 1 atom stereocenters. The molecule has 0 aliphatic carbocycles. The third-order valence-electron chi connectivity index (χ3n) is 2.95. The van der Waals surface area contributed by atoms with E-state index in [1.165, 1.54) is 4.88 Å². The number of thiophene rings is 1. The molecule has 0 aliphatic rings. The van der Waals surface area contributed by atoms with Crippen molar-refractivity contribution < 1.29 is 4.42 Å². The molecule has 1 unspecified atom stereocenters. The molecule has 92 valence electrons. The van der Waals surface area contributed by atoms with Gasteiger partial charge in [0, 0.05) is 38.1 Å². The lowest BCUT2D eigenvalue weighted by atomic mass is 10.0. The molecule has 3 rings (SSSR count). The fourth-order valence-electron chi connectivity index (χ4n) is 2.07. The second-order valence-corrected chi connectivity index (χ2v) is 6.14. The van der Waals surface area contributed by atoms with Crippen LogP contribution in [0.3, 0.4) is 0 Å². The third-order valence-corrected chi connectivity index (χ3v) is 4.67. The molecular formula is C14H12BrNOS. The molecule has 18 heavy (non-hydrogen) atoms. The van der Waals surface area contributed by atoms with E-state index >= 15 is 0 Å². The summed E-state index contributed by atoms with van der Waals surface area (Å²) in [5.74, 6) is 0. The van der Waals surface area contributed by atoms with E-state index in [0.29, 0.717) is 0 Å². The van der Waals surface area contributed by atoms with E-state index in [0.717, 1.165) is 27.4 Å². The van der Waals surface area contributed by atoms with Crippen molar-refractivity contribution in [1.82, 2.24) is 0 Å². The molecule has 0 amide bonds.